The minimum Gasteiger partial charge on any atom is -0.369 e. The Bertz CT molecular complexity index is 625. The number of amides is 1. The van der Waals surface area contributed by atoms with Gasteiger partial charge in [-0.05, 0) is 26.0 Å². The summed E-state index contributed by atoms with van der Waals surface area (Å²) in [7, 11) is 3.39. The van der Waals surface area contributed by atoms with Crippen LogP contribution in [0.3, 0.4) is 0 Å². The normalized spacial score (nSPS) is 19.6. The van der Waals surface area contributed by atoms with E-state index in [1.807, 2.05) is 26.0 Å². The van der Waals surface area contributed by atoms with Gasteiger partial charge in [-0.25, -0.2) is 4.98 Å². The molecule has 0 aliphatic carbocycles. The van der Waals surface area contributed by atoms with Gasteiger partial charge in [0.25, 0.3) is 0 Å². The lowest BCUT2D eigenvalue weighted by atomic mass is 10.1. The van der Waals surface area contributed by atoms with E-state index in [1.165, 1.54) is 4.90 Å². The summed E-state index contributed by atoms with van der Waals surface area (Å²) in [6.45, 7) is 5.65. The molecule has 1 amide bonds. The number of rotatable bonds is 5. The molecule has 1 aromatic heterocycles. The molecule has 0 bridgehead atoms. The van der Waals surface area contributed by atoms with Crippen molar-refractivity contribution in [2.75, 3.05) is 45.3 Å². The smallest absolute Gasteiger partial charge is 0.248 e. The lowest BCUT2D eigenvalue weighted by molar-refractivity contribution is -0.139. The molecule has 1 aromatic rings. The molecule has 1 fully saturated rings. The van der Waals surface area contributed by atoms with Crippen molar-refractivity contribution in [3.8, 4) is 6.07 Å². The van der Waals surface area contributed by atoms with Crippen molar-refractivity contribution in [2.24, 2.45) is 0 Å². The predicted molar refractivity (Wildman–Crippen MR) is 89.6 cm³/mol. The third-order valence-corrected chi connectivity index (χ3v) is 3.68. The van der Waals surface area contributed by atoms with Crippen LogP contribution < -0.4 is 4.90 Å². The van der Waals surface area contributed by atoms with Gasteiger partial charge in [0.2, 0.25) is 5.91 Å². The predicted octanol–water partition coefficient (Wildman–Crippen LogP) is 1.04. The van der Waals surface area contributed by atoms with Gasteiger partial charge in [0.1, 0.15) is 24.2 Å². The first kappa shape index (κ1) is 18.2. The standard InChI is InChI=1S/C17H24N4O3/c1-17(2)12-21(15-7-5-6-13(8-18)19-15)9-14(24-17)10-23-11-16(22)20(3)4/h5-7,14H,9-12H2,1-4H3/t14-/m1/s1. The van der Waals surface area contributed by atoms with Crippen molar-refractivity contribution >= 4 is 11.7 Å². The molecule has 130 valence electrons. The Morgan fingerprint density at radius 3 is 2.96 bits per heavy atom. The van der Waals surface area contributed by atoms with Crippen LogP contribution in [0.5, 0.6) is 0 Å². The highest BCUT2D eigenvalue weighted by atomic mass is 16.5. The van der Waals surface area contributed by atoms with Crippen LogP contribution in [-0.2, 0) is 14.3 Å². The number of anilines is 1. The average molecular weight is 332 g/mol. The molecule has 0 unspecified atom stereocenters. The zero-order valence-corrected chi connectivity index (χ0v) is 14.7. The molecule has 0 aromatic carbocycles. The first-order valence-electron chi connectivity index (χ1n) is 7.88. The van der Waals surface area contributed by atoms with E-state index in [2.05, 4.69) is 16.0 Å². The molecule has 1 saturated heterocycles. The fourth-order valence-electron chi connectivity index (χ4n) is 2.63. The zero-order valence-electron chi connectivity index (χ0n) is 14.7. The maximum atomic E-state index is 11.6. The number of nitrogens with zero attached hydrogens (tertiary/aromatic N) is 4. The summed E-state index contributed by atoms with van der Waals surface area (Å²) in [5.41, 5.74) is 0.0171. The van der Waals surface area contributed by atoms with E-state index in [4.69, 9.17) is 14.7 Å². The lowest BCUT2D eigenvalue weighted by Gasteiger charge is -2.43. The second kappa shape index (κ2) is 7.60. The van der Waals surface area contributed by atoms with Crippen LogP contribution in [0.25, 0.3) is 0 Å². The Balaban J connectivity index is 2.01. The molecule has 1 atom stereocenters. The summed E-state index contributed by atoms with van der Waals surface area (Å²) in [6.07, 6.45) is -0.170. The number of ether oxygens (including phenoxy) is 2. The third-order valence-electron chi connectivity index (χ3n) is 3.68. The molecule has 0 N–H and O–H groups in total. The third kappa shape index (κ3) is 4.91. The molecule has 24 heavy (non-hydrogen) atoms. The number of nitriles is 1. The Morgan fingerprint density at radius 1 is 1.54 bits per heavy atom. The van der Waals surface area contributed by atoms with E-state index in [0.717, 1.165) is 5.82 Å². The minimum absolute atomic E-state index is 0.0372. The number of pyridine rings is 1. The van der Waals surface area contributed by atoms with E-state index in [9.17, 15) is 4.79 Å². The SMILES string of the molecule is CN(C)C(=O)COC[C@H]1CN(c2cccc(C#N)n2)CC(C)(C)O1. The van der Waals surface area contributed by atoms with Crippen LogP contribution >= 0.6 is 0 Å². The summed E-state index contributed by atoms with van der Waals surface area (Å²) in [6, 6.07) is 7.45. The average Bonchev–Trinajstić information content (AvgIpc) is 2.53. The molecule has 7 nitrogen and oxygen atoms in total. The van der Waals surface area contributed by atoms with E-state index in [-0.39, 0.29) is 24.2 Å². The first-order valence-corrected chi connectivity index (χ1v) is 7.88. The summed E-state index contributed by atoms with van der Waals surface area (Å²) < 4.78 is 11.5. The lowest BCUT2D eigenvalue weighted by Crippen LogP contribution is -2.54. The second-order valence-electron chi connectivity index (χ2n) is 6.68. The maximum absolute atomic E-state index is 11.6. The summed E-state index contributed by atoms with van der Waals surface area (Å²) >= 11 is 0. The molecule has 7 heteroatoms. The van der Waals surface area contributed by atoms with Crippen molar-refractivity contribution < 1.29 is 14.3 Å². The number of hydrogen-bond acceptors (Lipinski definition) is 6. The fraction of sp³-hybridized carbons (Fsp3) is 0.588. The Labute approximate surface area is 142 Å². The van der Waals surface area contributed by atoms with Gasteiger partial charge in [0, 0.05) is 27.2 Å². The zero-order chi connectivity index (χ0) is 17.7. The number of aromatic nitrogens is 1. The topological polar surface area (TPSA) is 78.7 Å². The van der Waals surface area contributed by atoms with Gasteiger partial charge in [0.05, 0.1) is 18.3 Å². The van der Waals surface area contributed by atoms with Crippen LogP contribution in [0.1, 0.15) is 19.5 Å². The number of hydrogen-bond donors (Lipinski definition) is 0. The molecule has 2 rings (SSSR count). The molecule has 1 aliphatic rings. The second-order valence-corrected chi connectivity index (χ2v) is 6.68. The quantitative estimate of drug-likeness (QED) is 0.802. The van der Waals surface area contributed by atoms with Gasteiger partial charge in [-0.15, -0.1) is 0 Å². The van der Waals surface area contributed by atoms with Crippen molar-refractivity contribution in [1.29, 1.82) is 5.26 Å². The van der Waals surface area contributed by atoms with Gasteiger partial charge in [-0.1, -0.05) is 6.07 Å². The highest BCUT2D eigenvalue weighted by Crippen LogP contribution is 2.25. The van der Waals surface area contributed by atoms with Gasteiger partial charge in [-0.2, -0.15) is 5.26 Å². The van der Waals surface area contributed by atoms with E-state index in [1.54, 1.807) is 20.2 Å². The Kier molecular flexibility index (Phi) is 5.75. The Hall–Kier alpha value is -2.17. The summed E-state index contributed by atoms with van der Waals surface area (Å²) in [4.78, 5) is 19.5. The largest absolute Gasteiger partial charge is 0.369 e. The monoisotopic (exact) mass is 332 g/mol. The van der Waals surface area contributed by atoms with E-state index in [0.29, 0.717) is 25.4 Å². The van der Waals surface area contributed by atoms with Gasteiger partial charge in [-0.3, -0.25) is 4.79 Å². The van der Waals surface area contributed by atoms with Crippen molar-refractivity contribution in [1.82, 2.24) is 9.88 Å². The Morgan fingerprint density at radius 2 is 2.29 bits per heavy atom. The number of likely N-dealkylation sites (N-methyl/N-ethyl adjacent to an activating group) is 1. The first-order chi connectivity index (χ1) is 11.3. The van der Waals surface area contributed by atoms with E-state index < -0.39 is 0 Å². The van der Waals surface area contributed by atoms with Crippen molar-refractivity contribution in [2.45, 2.75) is 25.6 Å². The van der Waals surface area contributed by atoms with Crippen LogP contribution in [0.15, 0.2) is 18.2 Å². The molecule has 0 saturated carbocycles. The highest BCUT2D eigenvalue weighted by molar-refractivity contribution is 5.76. The van der Waals surface area contributed by atoms with Gasteiger partial charge >= 0.3 is 0 Å². The molecule has 1 aliphatic heterocycles. The van der Waals surface area contributed by atoms with Crippen LogP contribution in [0, 0.1) is 11.3 Å². The molecule has 0 radical (unpaired) electrons. The summed E-state index contributed by atoms with van der Waals surface area (Å²) in [5, 5.41) is 9.02. The van der Waals surface area contributed by atoms with Crippen molar-refractivity contribution in [3.63, 3.8) is 0 Å². The molecular weight excluding hydrogens is 308 g/mol. The molecule has 0 spiro atoms. The highest BCUT2D eigenvalue weighted by Gasteiger charge is 2.34. The van der Waals surface area contributed by atoms with Crippen LogP contribution in [-0.4, -0.2) is 67.9 Å². The van der Waals surface area contributed by atoms with Gasteiger partial charge in [0.15, 0.2) is 0 Å². The molecular formula is C17H24N4O3. The number of carbonyl (C=O) groups is 1. The number of carbonyl (C=O) groups excluding carboxylic acids is 1. The van der Waals surface area contributed by atoms with Crippen LogP contribution in [0.2, 0.25) is 0 Å². The van der Waals surface area contributed by atoms with Crippen molar-refractivity contribution in [3.05, 3.63) is 23.9 Å². The maximum Gasteiger partial charge on any atom is 0.248 e. The molecule has 2 heterocycles. The number of morpholine rings is 1. The van der Waals surface area contributed by atoms with E-state index >= 15 is 0 Å². The summed E-state index contributed by atoms with van der Waals surface area (Å²) in [5.74, 6) is 0.671. The fourth-order valence-corrected chi connectivity index (χ4v) is 2.63. The van der Waals surface area contributed by atoms with Crippen LogP contribution in [0.4, 0.5) is 5.82 Å². The minimum atomic E-state index is -0.373. The van der Waals surface area contributed by atoms with Gasteiger partial charge < -0.3 is 19.3 Å².